The summed E-state index contributed by atoms with van der Waals surface area (Å²) in [4.78, 5) is 12.6. The number of nitrogens with one attached hydrogen (secondary N) is 1. The molecule has 1 aromatic heterocycles. The molecule has 1 aromatic carbocycles. The van der Waals surface area contributed by atoms with Gasteiger partial charge in [-0.05, 0) is 32.9 Å². The van der Waals surface area contributed by atoms with Crippen molar-refractivity contribution < 1.29 is 9.21 Å². The van der Waals surface area contributed by atoms with Gasteiger partial charge in [0.1, 0.15) is 16.5 Å². The van der Waals surface area contributed by atoms with Crippen LogP contribution in [0.25, 0.3) is 0 Å². The average molecular weight is 288 g/mol. The summed E-state index contributed by atoms with van der Waals surface area (Å²) in [5.41, 5.74) is 8.30. The maximum Gasteiger partial charge on any atom is 0.259 e. The first-order chi connectivity index (χ1) is 9.41. The molecule has 2 aromatic rings. The van der Waals surface area contributed by atoms with E-state index in [1.54, 1.807) is 19.1 Å². The molecule has 3 N–H and O–H groups in total. The lowest BCUT2D eigenvalue weighted by Crippen LogP contribution is -2.18. The summed E-state index contributed by atoms with van der Waals surface area (Å²) in [6, 6.07) is 7.18. The summed E-state index contributed by atoms with van der Waals surface area (Å²) in [6.45, 7) is 5.47. The van der Waals surface area contributed by atoms with Gasteiger partial charge in [0, 0.05) is 11.1 Å². The van der Waals surface area contributed by atoms with Crippen LogP contribution in [0.1, 0.15) is 33.0 Å². The number of para-hydroxylation sites is 1. The van der Waals surface area contributed by atoms with E-state index >= 15 is 0 Å². The summed E-state index contributed by atoms with van der Waals surface area (Å²) in [6.07, 6.45) is 0. The van der Waals surface area contributed by atoms with Crippen LogP contribution in [0.15, 0.2) is 28.7 Å². The molecular weight excluding hydrogens is 272 g/mol. The first-order valence-corrected chi connectivity index (χ1v) is 6.59. The monoisotopic (exact) mass is 288 g/mol. The van der Waals surface area contributed by atoms with Crippen LogP contribution in [0, 0.1) is 20.8 Å². The number of hydrogen-bond acceptors (Lipinski definition) is 3. The molecule has 0 radical (unpaired) electrons. The van der Waals surface area contributed by atoms with Gasteiger partial charge in [-0.15, -0.1) is 0 Å². The fourth-order valence-electron chi connectivity index (χ4n) is 2.12. The van der Waals surface area contributed by atoms with Crippen molar-refractivity contribution in [3.63, 3.8) is 0 Å². The van der Waals surface area contributed by atoms with Crippen LogP contribution < -0.4 is 11.1 Å². The topological polar surface area (TPSA) is 68.3 Å². The van der Waals surface area contributed by atoms with E-state index in [9.17, 15) is 4.79 Å². The van der Waals surface area contributed by atoms with Crippen LogP contribution in [0.3, 0.4) is 0 Å². The standard InChI is InChI=1S/C15H16N2O2S/c1-8-9(2)19-10(3)13(8)15(18)17-12-7-5-4-6-11(12)14(16)20/h4-7H,1-3H3,(H2,16,20)(H,17,18). The summed E-state index contributed by atoms with van der Waals surface area (Å²) in [5, 5.41) is 2.84. The van der Waals surface area contributed by atoms with Gasteiger partial charge in [0.25, 0.3) is 5.91 Å². The molecule has 0 bridgehead atoms. The second kappa shape index (κ2) is 5.46. The molecule has 5 heteroatoms. The first kappa shape index (κ1) is 14.3. The van der Waals surface area contributed by atoms with Gasteiger partial charge in [0.05, 0.1) is 11.3 Å². The quantitative estimate of drug-likeness (QED) is 0.852. The van der Waals surface area contributed by atoms with Gasteiger partial charge in [-0.2, -0.15) is 0 Å². The van der Waals surface area contributed by atoms with Crippen LogP contribution in [-0.4, -0.2) is 10.9 Å². The largest absolute Gasteiger partial charge is 0.466 e. The molecule has 4 nitrogen and oxygen atoms in total. The molecule has 2 rings (SSSR count). The van der Waals surface area contributed by atoms with Crippen molar-refractivity contribution >= 4 is 28.8 Å². The molecule has 20 heavy (non-hydrogen) atoms. The zero-order valence-electron chi connectivity index (χ0n) is 11.6. The summed E-state index contributed by atoms with van der Waals surface area (Å²) >= 11 is 4.98. The van der Waals surface area contributed by atoms with Crippen molar-refractivity contribution in [3.05, 3.63) is 52.5 Å². The molecule has 0 aliphatic rings. The minimum Gasteiger partial charge on any atom is -0.466 e. The van der Waals surface area contributed by atoms with E-state index in [4.69, 9.17) is 22.4 Å². The van der Waals surface area contributed by atoms with Crippen molar-refractivity contribution in [1.29, 1.82) is 0 Å². The van der Waals surface area contributed by atoms with Crippen LogP contribution in [0.4, 0.5) is 5.69 Å². The maximum atomic E-state index is 12.4. The summed E-state index contributed by atoms with van der Waals surface area (Å²) in [5.74, 6) is 1.13. The third-order valence-electron chi connectivity index (χ3n) is 3.23. The fourth-order valence-corrected chi connectivity index (χ4v) is 2.30. The predicted molar refractivity (Wildman–Crippen MR) is 83.2 cm³/mol. The highest BCUT2D eigenvalue weighted by Crippen LogP contribution is 2.23. The van der Waals surface area contributed by atoms with Crippen LogP contribution in [0.2, 0.25) is 0 Å². The highest BCUT2D eigenvalue weighted by atomic mass is 32.1. The summed E-state index contributed by atoms with van der Waals surface area (Å²) < 4.78 is 5.47. The summed E-state index contributed by atoms with van der Waals surface area (Å²) in [7, 11) is 0. The number of nitrogens with two attached hydrogens (primary N) is 1. The Hall–Kier alpha value is -2.14. The van der Waals surface area contributed by atoms with Crippen LogP contribution in [0.5, 0.6) is 0 Å². The number of aryl methyl sites for hydroxylation is 2. The number of amides is 1. The molecular formula is C15H16N2O2S. The highest BCUT2D eigenvalue weighted by Gasteiger charge is 2.19. The second-order valence-electron chi connectivity index (χ2n) is 4.58. The third-order valence-corrected chi connectivity index (χ3v) is 3.45. The Kier molecular flexibility index (Phi) is 3.90. The zero-order chi connectivity index (χ0) is 14.9. The van der Waals surface area contributed by atoms with Crippen molar-refractivity contribution in [2.24, 2.45) is 5.73 Å². The minimum atomic E-state index is -0.222. The Balaban J connectivity index is 2.36. The Morgan fingerprint density at radius 3 is 2.40 bits per heavy atom. The Morgan fingerprint density at radius 2 is 1.85 bits per heavy atom. The molecule has 1 amide bonds. The smallest absolute Gasteiger partial charge is 0.259 e. The number of furan rings is 1. The van der Waals surface area contributed by atoms with E-state index < -0.39 is 0 Å². The molecule has 0 atom stereocenters. The number of carbonyl (C=O) groups excluding carboxylic acids is 1. The minimum absolute atomic E-state index is 0.222. The number of rotatable bonds is 3. The van der Waals surface area contributed by atoms with Crippen molar-refractivity contribution in [1.82, 2.24) is 0 Å². The first-order valence-electron chi connectivity index (χ1n) is 6.18. The highest BCUT2D eigenvalue weighted by molar-refractivity contribution is 7.80. The van der Waals surface area contributed by atoms with Gasteiger partial charge in [-0.25, -0.2) is 0 Å². The lowest BCUT2D eigenvalue weighted by molar-refractivity contribution is 0.102. The van der Waals surface area contributed by atoms with Crippen LogP contribution in [-0.2, 0) is 0 Å². The fraction of sp³-hybridized carbons (Fsp3) is 0.200. The van der Waals surface area contributed by atoms with Gasteiger partial charge in [0.2, 0.25) is 0 Å². The van der Waals surface area contributed by atoms with E-state index in [0.717, 1.165) is 11.3 Å². The van der Waals surface area contributed by atoms with Gasteiger partial charge < -0.3 is 15.5 Å². The van der Waals surface area contributed by atoms with Gasteiger partial charge in [-0.3, -0.25) is 4.79 Å². The Bertz CT molecular complexity index is 689. The SMILES string of the molecule is Cc1oc(C)c(C(=O)Nc2ccccc2C(N)=S)c1C. The zero-order valence-corrected chi connectivity index (χ0v) is 12.4. The molecule has 104 valence electrons. The van der Waals surface area contributed by atoms with E-state index in [0.29, 0.717) is 22.6 Å². The lowest BCUT2D eigenvalue weighted by Gasteiger charge is -2.10. The maximum absolute atomic E-state index is 12.4. The second-order valence-corrected chi connectivity index (χ2v) is 5.02. The van der Waals surface area contributed by atoms with E-state index in [-0.39, 0.29) is 10.9 Å². The number of thiocarbonyl (C=S) groups is 1. The third kappa shape index (κ3) is 2.58. The molecule has 0 fully saturated rings. The average Bonchev–Trinajstić information content (AvgIpc) is 2.63. The molecule has 0 spiro atoms. The Morgan fingerprint density at radius 1 is 1.20 bits per heavy atom. The number of carbonyl (C=O) groups is 1. The molecule has 0 saturated heterocycles. The van der Waals surface area contributed by atoms with E-state index in [2.05, 4.69) is 5.32 Å². The van der Waals surface area contributed by atoms with Crippen molar-refractivity contribution in [2.45, 2.75) is 20.8 Å². The molecule has 0 unspecified atom stereocenters. The van der Waals surface area contributed by atoms with E-state index in [1.807, 2.05) is 26.0 Å². The Labute approximate surface area is 123 Å². The van der Waals surface area contributed by atoms with Crippen molar-refractivity contribution in [2.75, 3.05) is 5.32 Å². The van der Waals surface area contributed by atoms with Gasteiger partial charge in [0.15, 0.2) is 0 Å². The number of anilines is 1. The molecule has 0 aliphatic heterocycles. The van der Waals surface area contributed by atoms with Crippen molar-refractivity contribution in [3.8, 4) is 0 Å². The lowest BCUT2D eigenvalue weighted by atomic mass is 10.1. The molecule has 0 saturated carbocycles. The molecule has 1 heterocycles. The van der Waals surface area contributed by atoms with Crippen LogP contribution >= 0.6 is 12.2 Å². The number of hydrogen-bond donors (Lipinski definition) is 2. The molecule has 0 aliphatic carbocycles. The number of benzene rings is 1. The van der Waals surface area contributed by atoms with Gasteiger partial charge in [-0.1, -0.05) is 24.4 Å². The van der Waals surface area contributed by atoms with E-state index in [1.165, 1.54) is 0 Å². The normalized spacial score (nSPS) is 10.3. The predicted octanol–water partition coefficient (Wildman–Crippen LogP) is 3.09. The van der Waals surface area contributed by atoms with Gasteiger partial charge >= 0.3 is 0 Å².